The van der Waals surface area contributed by atoms with E-state index >= 15 is 0 Å². The number of carbonyl (C=O) groups is 1. The summed E-state index contributed by atoms with van der Waals surface area (Å²) < 4.78 is 5.02. The van der Waals surface area contributed by atoms with Crippen molar-refractivity contribution in [2.24, 2.45) is 0 Å². The lowest BCUT2D eigenvalue weighted by molar-refractivity contribution is 0.0778. The Hall–Kier alpha value is -1.82. The monoisotopic (exact) mass is 292 g/mol. The SMILES string of the molecule is CCOC(=O)N1CCN(Cc2ccc(N(C)C)nc2)CC1. The summed E-state index contributed by atoms with van der Waals surface area (Å²) in [5.41, 5.74) is 1.20. The van der Waals surface area contributed by atoms with Crippen LogP contribution in [0.1, 0.15) is 12.5 Å². The van der Waals surface area contributed by atoms with Gasteiger partial charge in [-0.25, -0.2) is 9.78 Å². The fraction of sp³-hybridized carbons (Fsp3) is 0.600. The minimum Gasteiger partial charge on any atom is -0.450 e. The van der Waals surface area contributed by atoms with Gasteiger partial charge in [-0.2, -0.15) is 0 Å². The van der Waals surface area contributed by atoms with Gasteiger partial charge in [0, 0.05) is 53.0 Å². The van der Waals surface area contributed by atoms with Crippen molar-refractivity contribution >= 4 is 11.9 Å². The summed E-state index contributed by atoms with van der Waals surface area (Å²) in [5.74, 6) is 0.964. The molecular formula is C15H24N4O2. The molecule has 0 spiro atoms. The van der Waals surface area contributed by atoms with E-state index < -0.39 is 0 Å². The van der Waals surface area contributed by atoms with Crippen LogP contribution in [0.25, 0.3) is 0 Å². The first-order valence-electron chi connectivity index (χ1n) is 7.36. The molecule has 1 saturated heterocycles. The van der Waals surface area contributed by atoms with Crippen LogP contribution in [0.5, 0.6) is 0 Å². The molecule has 1 aromatic rings. The molecule has 1 amide bonds. The first-order chi connectivity index (χ1) is 10.1. The number of nitrogens with zero attached hydrogens (tertiary/aromatic N) is 4. The minimum absolute atomic E-state index is 0.200. The molecule has 1 aliphatic heterocycles. The van der Waals surface area contributed by atoms with Crippen LogP contribution in [0.15, 0.2) is 18.3 Å². The van der Waals surface area contributed by atoms with Crippen LogP contribution in [0, 0.1) is 0 Å². The van der Waals surface area contributed by atoms with Crippen LogP contribution in [0.2, 0.25) is 0 Å². The highest BCUT2D eigenvalue weighted by molar-refractivity contribution is 5.67. The lowest BCUT2D eigenvalue weighted by Gasteiger charge is -2.34. The van der Waals surface area contributed by atoms with Gasteiger partial charge in [0.1, 0.15) is 5.82 Å². The second-order valence-corrected chi connectivity index (χ2v) is 5.38. The van der Waals surface area contributed by atoms with Gasteiger partial charge in [0.05, 0.1) is 6.61 Å². The molecule has 6 heteroatoms. The van der Waals surface area contributed by atoms with E-state index in [0.29, 0.717) is 6.61 Å². The summed E-state index contributed by atoms with van der Waals surface area (Å²) in [6.07, 6.45) is 1.72. The Morgan fingerprint density at radius 2 is 2.00 bits per heavy atom. The summed E-state index contributed by atoms with van der Waals surface area (Å²) in [6.45, 7) is 6.32. The quantitative estimate of drug-likeness (QED) is 0.840. The molecule has 0 atom stereocenters. The molecule has 0 aliphatic carbocycles. The smallest absolute Gasteiger partial charge is 0.409 e. The van der Waals surface area contributed by atoms with Crippen LogP contribution in [-0.4, -0.2) is 67.8 Å². The van der Waals surface area contributed by atoms with E-state index in [1.54, 1.807) is 4.90 Å². The molecule has 2 heterocycles. The number of carbonyl (C=O) groups excluding carboxylic acids is 1. The van der Waals surface area contributed by atoms with Crippen molar-refractivity contribution in [3.63, 3.8) is 0 Å². The Kier molecular flexibility index (Phi) is 5.38. The molecule has 116 valence electrons. The highest BCUT2D eigenvalue weighted by atomic mass is 16.6. The van der Waals surface area contributed by atoms with E-state index in [4.69, 9.17) is 4.74 Å². The minimum atomic E-state index is -0.200. The Bertz CT molecular complexity index is 453. The largest absolute Gasteiger partial charge is 0.450 e. The third-order valence-corrected chi connectivity index (χ3v) is 3.57. The standard InChI is InChI=1S/C15H24N4O2/c1-4-21-15(20)19-9-7-18(8-10-19)12-13-5-6-14(16-11-13)17(2)3/h5-6,11H,4,7-10,12H2,1-3H3. The zero-order chi connectivity index (χ0) is 15.2. The molecule has 21 heavy (non-hydrogen) atoms. The fourth-order valence-electron chi connectivity index (χ4n) is 2.34. The summed E-state index contributed by atoms with van der Waals surface area (Å²) in [5, 5.41) is 0. The molecule has 0 unspecified atom stereocenters. The van der Waals surface area contributed by atoms with E-state index in [2.05, 4.69) is 16.0 Å². The Morgan fingerprint density at radius 1 is 1.29 bits per heavy atom. The van der Waals surface area contributed by atoms with Crippen LogP contribution in [0.4, 0.5) is 10.6 Å². The van der Waals surface area contributed by atoms with Crippen molar-refractivity contribution in [2.45, 2.75) is 13.5 Å². The Labute approximate surface area is 126 Å². The van der Waals surface area contributed by atoms with E-state index in [1.165, 1.54) is 5.56 Å². The van der Waals surface area contributed by atoms with Crippen molar-refractivity contribution in [2.75, 3.05) is 51.8 Å². The average molecular weight is 292 g/mol. The molecule has 1 aliphatic rings. The summed E-state index contributed by atoms with van der Waals surface area (Å²) in [4.78, 5) is 22.2. The van der Waals surface area contributed by atoms with Gasteiger partial charge < -0.3 is 14.5 Å². The zero-order valence-electron chi connectivity index (χ0n) is 13.1. The molecule has 1 aromatic heterocycles. The number of ether oxygens (including phenoxy) is 1. The summed E-state index contributed by atoms with van der Waals surface area (Å²) >= 11 is 0. The predicted octanol–water partition coefficient (Wildman–Crippen LogP) is 1.42. The van der Waals surface area contributed by atoms with Gasteiger partial charge in [-0.15, -0.1) is 0 Å². The number of amides is 1. The van der Waals surface area contributed by atoms with Crippen LogP contribution in [0.3, 0.4) is 0 Å². The lowest BCUT2D eigenvalue weighted by Crippen LogP contribution is -2.48. The highest BCUT2D eigenvalue weighted by Crippen LogP contribution is 2.12. The molecule has 0 bridgehead atoms. The van der Waals surface area contributed by atoms with E-state index in [9.17, 15) is 4.79 Å². The van der Waals surface area contributed by atoms with E-state index in [1.807, 2.05) is 38.2 Å². The van der Waals surface area contributed by atoms with Crippen LogP contribution < -0.4 is 4.90 Å². The maximum atomic E-state index is 11.6. The van der Waals surface area contributed by atoms with Crippen molar-refractivity contribution in [3.05, 3.63) is 23.9 Å². The van der Waals surface area contributed by atoms with Gasteiger partial charge in [0.2, 0.25) is 0 Å². The van der Waals surface area contributed by atoms with Crippen molar-refractivity contribution in [1.82, 2.24) is 14.8 Å². The van der Waals surface area contributed by atoms with Crippen LogP contribution >= 0.6 is 0 Å². The first-order valence-corrected chi connectivity index (χ1v) is 7.36. The van der Waals surface area contributed by atoms with Gasteiger partial charge in [0.25, 0.3) is 0 Å². The number of piperazine rings is 1. The molecule has 0 saturated carbocycles. The van der Waals surface area contributed by atoms with Crippen LogP contribution in [-0.2, 0) is 11.3 Å². The molecule has 6 nitrogen and oxygen atoms in total. The molecule has 0 N–H and O–H groups in total. The Morgan fingerprint density at radius 3 is 2.52 bits per heavy atom. The number of anilines is 1. The first kappa shape index (κ1) is 15.6. The maximum absolute atomic E-state index is 11.6. The predicted molar refractivity (Wildman–Crippen MR) is 82.4 cm³/mol. The fourth-order valence-corrected chi connectivity index (χ4v) is 2.34. The molecular weight excluding hydrogens is 268 g/mol. The average Bonchev–Trinajstić information content (AvgIpc) is 2.49. The topological polar surface area (TPSA) is 48.9 Å². The Balaban J connectivity index is 1.82. The van der Waals surface area contributed by atoms with Gasteiger partial charge in [-0.3, -0.25) is 4.90 Å². The highest BCUT2D eigenvalue weighted by Gasteiger charge is 2.21. The number of hydrogen-bond donors (Lipinski definition) is 0. The van der Waals surface area contributed by atoms with Crippen molar-refractivity contribution in [3.8, 4) is 0 Å². The molecule has 0 aromatic carbocycles. The number of pyridine rings is 1. The normalized spacial score (nSPS) is 15.9. The lowest BCUT2D eigenvalue weighted by atomic mass is 10.2. The van der Waals surface area contributed by atoms with Gasteiger partial charge in [0.15, 0.2) is 0 Å². The van der Waals surface area contributed by atoms with Gasteiger partial charge in [-0.1, -0.05) is 6.07 Å². The number of rotatable bonds is 4. The zero-order valence-corrected chi connectivity index (χ0v) is 13.1. The third kappa shape index (κ3) is 4.32. The van der Waals surface area contributed by atoms with Crippen molar-refractivity contribution in [1.29, 1.82) is 0 Å². The summed E-state index contributed by atoms with van der Waals surface area (Å²) in [7, 11) is 3.97. The second kappa shape index (κ2) is 7.26. The maximum Gasteiger partial charge on any atom is 0.409 e. The molecule has 0 radical (unpaired) electrons. The van der Waals surface area contributed by atoms with Gasteiger partial charge in [-0.05, 0) is 18.6 Å². The van der Waals surface area contributed by atoms with Crippen molar-refractivity contribution < 1.29 is 9.53 Å². The number of hydrogen-bond acceptors (Lipinski definition) is 5. The number of aromatic nitrogens is 1. The summed E-state index contributed by atoms with van der Waals surface area (Å²) in [6, 6.07) is 4.14. The van der Waals surface area contributed by atoms with E-state index in [0.717, 1.165) is 38.5 Å². The second-order valence-electron chi connectivity index (χ2n) is 5.38. The molecule has 2 rings (SSSR count). The van der Waals surface area contributed by atoms with E-state index in [-0.39, 0.29) is 6.09 Å². The third-order valence-electron chi connectivity index (χ3n) is 3.57. The van der Waals surface area contributed by atoms with Gasteiger partial charge >= 0.3 is 6.09 Å². The molecule has 1 fully saturated rings.